The van der Waals surface area contributed by atoms with Gasteiger partial charge in [0, 0.05) is 32.3 Å². The van der Waals surface area contributed by atoms with E-state index in [4.69, 9.17) is 10.5 Å². The van der Waals surface area contributed by atoms with Crippen LogP contribution in [0.4, 0.5) is 5.82 Å². The third-order valence-electron chi connectivity index (χ3n) is 6.40. The Labute approximate surface area is 189 Å². The molecule has 174 valence electrons. The average molecular weight is 461 g/mol. The molecule has 2 aliphatic rings. The first kappa shape index (κ1) is 22.7. The molecule has 1 atom stereocenters. The van der Waals surface area contributed by atoms with Crippen LogP contribution in [0.15, 0.2) is 35.4 Å². The number of carbonyl (C=O) groups excluding carboxylic acids is 1. The second-order valence-electron chi connectivity index (χ2n) is 8.95. The summed E-state index contributed by atoms with van der Waals surface area (Å²) in [7, 11) is -3.97. The fraction of sp³-hybridized carbons (Fsp3) is 0.522. The van der Waals surface area contributed by atoms with Gasteiger partial charge in [0.1, 0.15) is 22.5 Å². The Kier molecular flexibility index (Phi) is 6.48. The molecule has 0 saturated carbocycles. The molecule has 1 unspecified atom stereocenters. The molecule has 1 aromatic heterocycles. The summed E-state index contributed by atoms with van der Waals surface area (Å²) in [6, 6.07) is 6.29. The molecule has 1 amide bonds. The van der Waals surface area contributed by atoms with Gasteiger partial charge in [-0.15, -0.1) is 0 Å². The summed E-state index contributed by atoms with van der Waals surface area (Å²) < 4.78 is 37.0. The Hall–Kier alpha value is -2.52. The molecule has 32 heavy (non-hydrogen) atoms. The summed E-state index contributed by atoms with van der Waals surface area (Å²) in [6.45, 7) is 6.23. The normalized spacial score (nSPS) is 17.8. The number of aromatic nitrogens is 1. The molecule has 1 saturated heterocycles. The summed E-state index contributed by atoms with van der Waals surface area (Å²) >= 11 is 0. The number of anilines is 1. The zero-order chi connectivity index (χ0) is 22.9. The number of nitrogens with zero attached hydrogens (tertiary/aromatic N) is 2. The topological polar surface area (TPSA) is 107 Å². The number of aryl methyl sites for hydroxylation is 2. The molecular weight excluding hydrogens is 428 g/mol. The fourth-order valence-electron chi connectivity index (χ4n) is 4.46. The summed E-state index contributed by atoms with van der Waals surface area (Å²) in [6.07, 6.45) is 4.66. The van der Waals surface area contributed by atoms with E-state index in [-0.39, 0.29) is 10.8 Å². The van der Waals surface area contributed by atoms with Gasteiger partial charge in [-0.1, -0.05) is 13.0 Å². The Balaban J connectivity index is 1.59. The fourth-order valence-corrected chi connectivity index (χ4v) is 5.95. The van der Waals surface area contributed by atoms with Gasteiger partial charge in [-0.25, -0.2) is 8.42 Å². The predicted octanol–water partition coefficient (Wildman–Crippen LogP) is 2.31. The van der Waals surface area contributed by atoms with Gasteiger partial charge in [-0.3, -0.25) is 4.79 Å². The Morgan fingerprint density at radius 1 is 1.31 bits per heavy atom. The number of hydrogen-bond donors (Lipinski definition) is 2. The van der Waals surface area contributed by atoms with E-state index in [0.29, 0.717) is 56.6 Å². The van der Waals surface area contributed by atoms with Crippen molar-refractivity contribution >= 4 is 21.7 Å². The van der Waals surface area contributed by atoms with Gasteiger partial charge >= 0.3 is 0 Å². The van der Waals surface area contributed by atoms with E-state index in [1.165, 1.54) is 0 Å². The van der Waals surface area contributed by atoms with Crippen LogP contribution in [0.1, 0.15) is 37.3 Å². The van der Waals surface area contributed by atoms with E-state index in [0.717, 1.165) is 24.0 Å². The van der Waals surface area contributed by atoms with E-state index in [1.807, 2.05) is 29.8 Å². The van der Waals surface area contributed by atoms with E-state index < -0.39 is 16.1 Å². The molecular formula is C23H32N4O4S. The lowest BCUT2D eigenvalue weighted by Crippen LogP contribution is -2.51. The molecule has 8 nitrogen and oxygen atoms in total. The number of rotatable bonds is 7. The maximum absolute atomic E-state index is 13.4. The second kappa shape index (κ2) is 9.15. The van der Waals surface area contributed by atoms with Crippen molar-refractivity contribution in [2.45, 2.75) is 57.0 Å². The zero-order valence-electron chi connectivity index (χ0n) is 18.7. The van der Waals surface area contributed by atoms with E-state index in [1.54, 1.807) is 17.0 Å². The predicted molar refractivity (Wildman–Crippen MR) is 123 cm³/mol. The van der Waals surface area contributed by atoms with Gasteiger partial charge in [0.2, 0.25) is 15.9 Å². The highest BCUT2D eigenvalue weighted by Crippen LogP contribution is 2.34. The van der Waals surface area contributed by atoms with E-state index in [2.05, 4.69) is 11.6 Å². The minimum atomic E-state index is -3.97. The number of hydrogen-bond acceptors (Lipinski definition) is 5. The number of benzene rings is 1. The SMILES string of the molecule is Cc1cc2c(c(S(=O)(=O)NC(CCn3cccc3N)C(=O)N3CCC(C)CC3)c1)OCC2. The summed E-state index contributed by atoms with van der Waals surface area (Å²) in [4.78, 5) is 15.3. The number of ether oxygens (including phenoxy) is 1. The van der Waals surface area contributed by atoms with Crippen LogP contribution in [0.25, 0.3) is 0 Å². The van der Waals surface area contributed by atoms with Gasteiger partial charge < -0.3 is 19.9 Å². The number of piperidine rings is 1. The first-order valence-corrected chi connectivity index (χ1v) is 12.7. The molecule has 0 aliphatic carbocycles. The van der Waals surface area contributed by atoms with Crippen molar-refractivity contribution in [2.24, 2.45) is 5.92 Å². The molecule has 3 N–H and O–H groups in total. The third-order valence-corrected chi connectivity index (χ3v) is 7.87. The molecule has 0 spiro atoms. The number of carbonyl (C=O) groups is 1. The molecule has 0 radical (unpaired) electrons. The van der Waals surface area contributed by atoms with Crippen molar-refractivity contribution in [3.05, 3.63) is 41.6 Å². The molecule has 4 rings (SSSR count). The lowest BCUT2D eigenvalue weighted by Gasteiger charge is -2.33. The number of nitrogen functional groups attached to an aromatic ring is 1. The van der Waals surface area contributed by atoms with Crippen LogP contribution >= 0.6 is 0 Å². The van der Waals surface area contributed by atoms with Crippen molar-refractivity contribution in [1.82, 2.24) is 14.2 Å². The monoisotopic (exact) mass is 460 g/mol. The Bertz CT molecular complexity index is 1090. The number of amides is 1. The number of nitrogens with one attached hydrogen (secondary N) is 1. The molecule has 2 aliphatic heterocycles. The highest BCUT2D eigenvalue weighted by atomic mass is 32.2. The number of likely N-dealkylation sites (tertiary alicyclic amines) is 1. The third kappa shape index (κ3) is 4.78. The minimum Gasteiger partial charge on any atom is -0.492 e. The highest BCUT2D eigenvalue weighted by Gasteiger charge is 2.33. The standard InChI is InChI=1S/C23H32N4O4S/c1-16-5-10-27(11-6-16)23(28)19(7-12-26-9-3-4-21(26)24)25-32(29,30)20-15-17(2)14-18-8-13-31-22(18)20/h3-4,9,14-16,19,25H,5-8,10-13,24H2,1-2H3. The van der Waals surface area contributed by atoms with Crippen molar-refractivity contribution in [3.8, 4) is 5.75 Å². The van der Waals surface area contributed by atoms with Crippen LogP contribution in [0.3, 0.4) is 0 Å². The van der Waals surface area contributed by atoms with Crippen LogP contribution in [0, 0.1) is 12.8 Å². The number of fused-ring (bicyclic) bond motifs is 1. The maximum Gasteiger partial charge on any atom is 0.245 e. The molecule has 1 aromatic carbocycles. The van der Waals surface area contributed by atoms with Crippen LogP contribution in [0.5, 0.6) is 5.75 Å². The molecule has 2 aromatic rings. The molecule has 1 fully saturated rings. The first-order chi connectivity index (χ1) is 15.2. The number of sulfonamides is 1. The van der Waals surface area contributed by atoms with Gasteiger partial charge in [-0.2, -0.15) is 4.72 Å². The van der Waals surface area contributed by atoms with Crippen LogP contribution in [-0.4, -0.2) is 49.5 Å². The van der Waals surface area contributed by atoms with Crippen LogP contribution < -0.4 is 15.2 Å². The lowest BCUT2D eigenvalue weighted by molar-refractivity contribution is -0.134. The van der Waals surface area contributed by atoms with Crippen molar-refractivity contribution in [3.63, 3.8) is 0 Å². The average Bonchev–Trinajstić information content (AvgIpc) is 3.39. The molecule has 0 bridgehead atoms. The van der Waals surface area contributed by atoms with Crippen molar-refractivity contribution in [2.75, 3.05) is 25.4 Å². The lowest BCUT2D eigenvalue weighted by atomic mass is 9.98. The van der Waals surface area contributed by atoms with Crippen molar-refractivity contribution < 1.29 is 17.9 Å². The quantitative estimate of drug-likeness (QED) is 0.659. The zero-order valence-corrected chi connectivity index (χ0v) is 19.5. The van der Waals surface area contributed by atoms with Gasteiger partial charge in [0.15, 0.2) is 0 Å². The van der Waals surface area contributed by atoms with Gasteiger partial charge in [0.25, 0.3) is 0 Å². The molecule has 3 heterocycles. The van der Waals surface area contributed by atoms with Crippen molar-refractivity contribution in [1.29, 1.82) is 0 Å². The van der Waals surface area contributed by atoms with E-state index in [9.17, 15) is 13.2 Å². The first-order valence-electron chi connectivity index (χ1n) is 11.2. The number of nitrogens with two attached hydrogens (primary N) is 1. The second-order valence-corrected chi connectivity index (χ2v) is 10.6. The minimum absolute atomic E-state index is 0.107. The molecule has 9 heteroatoms. The largest absolute Gasteiger partial charge is 0.492 e. The van der Waals surface area contributed by atoms with Crippen LogP contribution in [0.2, 0.25) is 0 Å². The smallest absolute Gasteiger partial charge is 0.245 e. The van der Waals surface area contributed by atoms with Gasteiger partial charge in [-0.05, 0) is 61.4 Å². The maximum atomic E-state index is 13.4. The summed E-state index contributed by atoms with van der Waals surface area (Å²) in [5.74, 6) is 1.36. The summed E-state index contributed by atoms with van der Waals surface area (Å²) in [5.41, 5.74) is 7.71. The van der Waals surface area contributed by atoms with E-state index >= 15 is 0 Å². The Morgan fingerprint density at radius 2 is 2.06 bits per heavy atom. The highest BCUT2D eigenvalue weighted by molar-refractivity contribution is 7.89. The Morgan fingerprint density at radius 3 is 2.75 bits per heavy atom. The van der Waals surface area contributed by atoms with Gasteiger partial charge in [0.05, 0.1) is 6.61 Å². The summed E-state index contributed by atoms with van der Waals surface area (Å²) in [5, 5.41) is 0. The van der Waals surface area contributed by atoms with Crippen LogP contribution in [-0.2, 0) is 27.8 Å².